The quantitative estimate of drug-likeness (QED) is 0.832. The van der Waals surface area contributed by atoms with E-state index in [4.69, 9.17) is 4.52 Å². The molecule has 0 spiro atoms. The van der Waals surface area contributed by atoms with Crippen LogP contribution in [0.5, 0.6) is 0 Å². The molecule has 1 fully saturated rings. The normalized spacial score (nSPS) is 16.4. The second-order valence-electron chi connectivity index (χ2n) is 5.97. The summed E-state index contributed by atoms with van der Waals surface area (Å²) >= 11 is 1.31. The van der Waals surface area contributed by atoms with Crippen LogP contribution in [0.15, 0.2) is 10.6 Å². The molecule has 1 heterocycles. The number of amides is 2. The zero-order valence-corrected chi connectivity index (χ0v) is 14.4. The SMILES string of the molecule is Cc1cc(NC(=O)CSCC(=O)NC2CCCCCCC2)no1. The highest BCUT2D eigenvalue weighted by atomic mass is 32.2. The van der Waals surface area contributed by atoms with Gasteiger partial charge in [0, 0.05) is 12.1 Å². The molecule has 0 unspecified atom stereocenters. The number of hydrogen-bond donors (Lipinski definition) is 2. The minimum Gasteiger partial charge on any atom is -0.360 e. The van der Waals surface area contributed by atoms with Crippen LogP contribution in [-0.2, 0) is 9.59 Å². The molecule has 0 radical (unpaired) electrons. The zero-order chi connectivity index (χ0) is 16.5. The molecule has 0 aromatic carbocycles. The zero-order valence-electron chi connectivity index (χ0n) is 13.6. The molecule has 1 aromatic rings. The van der Waals surface area contributed by atoms with Crippen LogP contribution in [0.25, 0.3) is 0 Å². The molecule has 6 nitrogen and oxygen atoms in total. The van der Waals surface area contributed by atoms with E-state index in [2.05, 4.69) is 15.8 Å². The number of hydrogen-bond acceptors (Lipinski definition) is 5. The topological polar surface area (TPSA) is 84.2 Å². The van der Waals surface area contributed by atoms with E-state index in [1.807, 2.05) is 0 Å². The van der Waals surface area contributed by atoms with E-state index in [0.29, 0.717) is 23.4 Å². The van der Waals surface area contributed by atoms with Gasteiger partial charge in [-0.3, -0.25) is 9.59 Å². The van der Waals surface area contributed by atoms with E-state index in [0.717, 1.165) is 12.8 Å². The Bertz CT molecular complexity index is 510. The van der Waals surface area contributed by atoms with Gasteiger partial charge in [0.15, 0.2) is 5.82 Å². The summed E-state index contributed by atoms with van der Waals surface area (Å²) in [5.74, 6) is 1.43. The van der Waals surface area contributed by atoms with Crippen LogP contribution in [0.1, 0.15) is 50.7 Å². The first-order valence-corrected chi connectivity index (χ1v) is 9.39. The highest BCUT2D eigenvalue weighted by Gasteiger charge is 2.14. The lowest BCUT2D eigenvalue weighted by atomic mass is 9.97. The van der Waals surface area contributed by atoms with Crippen LogP contribution in [0, 0.1) is 6.92 Å². The van der Waals surface area contributed by atoms with Crippen molar-refractivity contribution in [3.8, 4) is 0 Å². The number of anilines is 1. The van der Waals surface area contributed by atoms with Crippen LogP contribution >= 0.6 is 11.8 Å². The van der Waals surface area contributed by atoms with Crippen LogP contribution in [0.2, 0.25) is 0 Å². The summed E-state index contributed by atoms with van der Waals surface area (Å²) in [5, 5.41) is 9.43. The van der Waals surface area contributed by atoms with Crippen LogP contribution < -0.4 is 10.6 Å². The summed E-state index contributed by atoms with van der Waals surface area (Å²) in [5.41, 5.74) is 0. The van der Waals surface area contributed by atoms with Gasteiger partial charge in [-0.25, -0.2) is 0 Å². The smallest absolute Gasteiger partial charge is 0.235 e. The predicted octanol–water partition coefficient (Wildman–Crippen LogP) is 2.88. The van der Waals surface area contributed by atoms with E-state index in [-0.39, 0.29) is 17.6 Å². The number of carbonyl (C=O) groups is 2. The summed E-state index contributed by atoms with van der Waals surface area (Å²) in [4.78, 5) is 23.7. The van der Waals surface area contributed by atoms with Gasteiger partial charge in [0.25, 0.3) is 0 Å². The molecule has 1 aliphatic carbocycles. The van der Waals surface area contributed by atoms with Crippen molar-refractivity contribution in [1.29, 1.82) is 0 Å². The Labute approximate surface area is 141 Å². The largest absolute Gasteiger partial charge is 0.360 e. The first-order valence-electron chi connectivity index (χ1n) is 8.24. The molecule has 7 heteroatoms. The lowest BCUT2D eigenvalue weighted by Gasteiger charge is -2.20. The number of rotatable bonds is 6. The maximum absolute atomic E-state index is 12.0. The van der Waals surface area contributed by atoms with Crippen molar-refractivity contribution in [2.45, 2.75) is 57.9 Å². The fourth-order valence-corrected chi connectivity index (χ4v) is 3.34. The molecule has 1 aliphatic rings. The minimum absolute atomic E-state index is 0.0191. The Morgan fingerprint density at radius 2 is 1.83 bits per heavy atom. The minimum atomic E-state index is -0.179. The van der Waals surface area contributed by atoms with E-state index in [1.165, 1.54) is 43.9 Å². The van der Waals surface area contributed by atoms with Gasteiger partial charge < -0.3 is 15.2 Å². The first-order chi connectivity index (χ1) is 11.1. The van der Waals surface area contributed by atoms with E-state index >= 15 is 0 Å². The van der Waals surface area contributed by atoms with Crippen molar-refractivity contribution >= 4 is 29.4 Å². The molecular formula is C16H25N3O3S. The fourth-order valence-electron chi connectivity index (χ4n) is 2.71. The van der Waals surface area contributed by atoms with Crippen molar-refractivity contribution in [2.24, 2.45) is 0 Å². The van der Waals surface area contributed by atoms with Crippen LogP contribution in [0.3, 0.4) is 0 Å². The van der Waals surface area contributed by atoms with Gasteiger partial charge in [-0.15, -0.1) is 11.8 Å². The van der Waals surface area contributed by atoms with Gasteiger partial charge in [-0.1, -0.05) is 37.3 Å². The Morgan fingerprint density at radius 1 is 1.17 bits per heavy atom. The molecule has 0 bridgehead atoms. The van der Waals surface area contributed by atoms with Crippen molar-refractivity contribution in [3.63, 3.8) is 0 Å². The maximum Gasteiger partial charge on any atom is 0.235 e. The van der Waals surface area contributed by atoms with Crippen molar-refractivity contribution in [3.05, 3.63) is 11.8 Å². The standard InChI is InChI=1S/C16H25N3O3S/c1-12-9-14(19-22-12)18-16(21)11-23-10-15(20)17-13-7-5-3-2-4-6-8-13/h9,13H,2-8,10-11H2,1H3,(H,17,20)(H,18,19,21). The molecule has 23 heavy (non-hydrogen) atoms. The highest BCUT2D eigenvalue weighted by Crippen LogP contribution is 2.17. The van der Waals surface area contributed by atoms with Gasteiger partial charge in [0.2, 0.25) is 11.8 Å². The van der Waals surface area contributed by atoms with Crippen molar-refractivity contribution < 1.29 is 14.1 Å². The summed E-state index contributed by atoms with van der Waals surface area (Å²) in [6.45, 7) is 1.76. The van der Waals surface area contributed by atoms with Gasteiger partial charge in [0.05, 0.1) is 11.5 Å². The van der Waals surface area contributed by atoms with E-state index in [9.17, 15) is 9.59 Å². The van der Waals surface area contributed by atoms with Crippen LogP contribution in [0.4, 0.5) is 5.82 Å². The van der Waals surface area contributed by atoms with Gasteiger partial charge >= 0.3 is 0 Å². The summed E-state index contributed by atoms with van der Waals surface area (Å²) in [7, 11) is 0. The lowest BCUT2D eigenvalue weighted by molar-refractivity contribution is -0.119. The summed E-state index contributed by atoms with van der Waals surface area (Å²) < 4.78 is 4.88. The Kier molecular flexibility index (Phi) is 7.45. The number of aromatic nitrogens is 1. The molecule has 0 atom stereocenters. The molecule has 128 valence electrons. The number of thioether (sulfide) groups is 1. The van der Waals surface area contributed by atoms with Crippen LogP contribution in [-0.4, -0.2) is 34.5 Å². The number of carbonyl (C=O) groups excluding carboxylic acids is 2. The molecular weight excluding hydrogens is 314 g/mol. The molecule has 2 rings (SSSR count). The lowest BCUT2D eigenvalue weighted by Crippen LogP contribution is -2.36. The molecule has 2 amide bonds. The van der Waals surface area contributed by atoms with E-state index < -0.39 is 0 Å². The molecule has 1 saturated carbocycles. The number of nitrogens with zero attached hydrogens (tertiary/aromatic N) is 1. The third-order valence-electron chi connectivity index (χ3n) is 3.83. The number of aryl methyl sites for hydroxylation is 1. The third-order valence-corrected chi connectivity index (χ3v) is 4.76. The average Bonchev–Trinajstić information content (AvgIpc) is 2.87. The highest BCUT2D eigenvalue weighted by molar-refractivity contribution is 8.00. The van der Waals surface area contributed by atoms with Crippen molar-refractivity contribution in [2.75, 3.05) is 16.8 Å². The predicted molar refractivity (Wildman–Crippen MR) is 91.4 cm³/mol. The fraction of sp³-hybridized carbons (Fsp3) is 0.688. The first kappa shape index (κ1) is 17.8. The average molecular weight is 339 g/mol. The van der Waals surface area contributed by atoms with Gasteiger partial charge in [-0.2, -0.15) is 0 Å². The summed E-state index contributed by atoms with van der Waals surface area (Å²) in [6, 6.07) is 1.96. The Balaban J connectivity index is 1.60. The molecule has 0 saturated heterocycles. The second-order valence-corrected chi connectivity index (χ2v) is 6.96. The van der Waals surface area contributed by atoms with Gasteiger partial charge in [-0.05, 0) is 19.8 Å². The van der Waals surface area contributed by atoms with Gasteiger partial charge in [0.1, 0.15) is 5.76 Å². The molecule has 0 aliphatic heterocycles. The maximum atomic E-state index is 12.0. The van der Waals surface area contributed by atoms with E-state index in [1.54, 1.807) is 13.0 Å². The Morgan fingerprint density at radius 3 is 2.48 bits per heavy atom. The summed E-state index contributed by atoms with van der Waals surface area (Å²) in [6.07, 6.45) is 8.38. The monoisotopic (exact) mass is 339 g/mol. The molecule has 2 N–H and O–H groups in total. The number of nitrogens with one attached hydrogen (secondary N) is 2. The third kappa shape index (κ3) is 7.07. The molecule has 1 aromatic heterocycles. The van der Waals surface area contributed by atoms with Crippen molar-refractivity contribution in [1.82, 2.24) is 10.5 Å². The Hall–Kier alpha value is -1.50. The second kappa shape index (κ2) is 9.60.